The fourth-order valence-electron chi connectivity index (χ4n) is 1.44. The Kier molecular flexibility index (Phi) is 2.12. The Morgan fingerprint density at radius 2 is 2.08 bits per heavy atom. The van der Waals surface area contributed by atoms with Crippen molar-refractivity contribution >= 4 is 16.7 Å². The van der Waals surface area contributed by atoms with Crippen molar-refractivity contribution in [3.8, 4) is 0 Å². The monoisotopic (exact) mass is 185 g/mol. The molecule has 1 aromatic heterocycles. The lowest BCUT2D eigenvalue weighted by molar-refractivity contribution is 0.576. The summed E-state index contributed by atoms with van der Waals surface area (Å²) in [5.74, 6) is 0. The van der Waals surface area contributed by atoms with E-state index in [2.05, 4.69) is 14.3 Å². The Morgan fingerprint density at radius 3 is 2.67 bits per heavy atom. The highest BCUT2D eigenvalue weighted by atomic mass is 32.1. The van der Waals surface area contributed by atoms with E-state index in [0.29, 0.717) is 0 Å². The molecule has 0 radical (unpaired) electrons. The largest absolute Gasteiger partial charge is 0.357 e. The van der Waals surface area contributed by atoms with Crippen molar-refractivity contribution in [3.05, 3.63) is 10.5 Å². The lowest BCUT2D eigenvalue weighted by Gasteiger charge is -2.25. The number of piperidine rings is 1. The predicted molar refractivity (Wildman–Crippen MR) is 48.8 cm³/mol. The quantitative estimate of drug-likeness (QED) is 0.704. The van der Waals surface area contributed by atoms with Crippen LogP contribution in [0.15, 0.2) is 4.79 Å². The molecule has 2 rings (SSSR count). The van der Waals surface area contributed by atoms with Crippen LogP contribution in [0.1, 0.15) is 19.3 Å². The molecule has 1 N–H and O–H groups in total. The molecule has 0 aromatic carbocycles. The summed E-state index contributed by atoms with van der Waals surface area (Å²) >= 11 is 1.33. The van der Waals surface area contributed by atoms with Gasteiger partial charge in [-0.3, -0.25) is 4.37 Å². The first-order valence-corrected chi connectivity index (χ1v) is 4.98. The van der Waals surface area contributed by atoms with Gasteiger partial charge in [0.05, 0.1) is 0 Å². The van der Waals surface area contributed by atoms with Gasteiger partial charge in [-0.15, -0.1) is 0 Å². The van der Waals surface area contributed by atoms with E-state index in [1.54, 1.807) is 0 Å². The van der Waals surface area contributed by atoms with Gasteiger partial charge in [-0.1, -0.05) is 0 Å². The molecule has 1 aliphatic rings. The van der Waals surface area contributed by atoms with Crippen LogP contribution in [-0.4, -0.2) is 22.4 Å². The molecule has 2 heterocycles. The molecule has 12 heavy (non-hydrogen) atoms. The molecular formula is C7H11N3OS. The SMILES string of the molecule is O=c1nc(N2CCCCC2)s[nH]1. The summed E-state index contributed by atoms with van der Waals surface area (Å²) in [4.78, 5) is 16.8. The van der Waals surface area contributed by atoms with E-state index >= 15 is 0 Å². The third-order valence-corrected chi connectivity index (χ3v) is 2.86. The van der Waals surface area contributed by atoms with E-state index in [4.69, 9.17) is 0 Å². The van der Waals surface area contributed by atoms with Crippen molar-refractivity contribution in [2.75, 3.05) is 18.0 Å². The van der Waals surface area contributed by atoms with Crippen LogP contribution in [0.4, 0.5) is 5.13 Å². The van der Waals surface area contributed by atoms with Crippen LogP contribution >= 0.6 is 11.5 Å². The summed E-state index contributed by atoms with van der Waals surface area (Å²) in [5.41, 5.74) is -0.222. The van der Waals surface area contributed by atoms with Crippen LogP contribution in [0.5, 0.6) is 0 Å². The van der Waals surface area contributed by atoms with Crippen molar-refractivity contribution in [1.82, 2.24) is 9.36 Å². The molecule has 4 nitrogen and oxygen atoms in total. The van der Waals surface area contributed by atoms with Gasteiger partial charge in [-0.25, -0.2) is 4.79 Å². The van der Waals surface area contributed by atoms with Gasteiger partial charge in [0.25, 0.3) is 0 Å². The fourth-order valence-corrected chi connectivity index (χ4v) is 2.11. The molecule has 0 aliphatic carbocycles. The number of hydrogen-bond acceptors (Lipinski definition) is 4. The zero-order chi connectivity index (χ0) is 8.39. The van der Waals surface area contributed by atoms with E-state index in [9.17, 15) is 4.79 Å². The minimum atomic E-state index is -0.222. The van der Waals surface area contributed by atoms with Gasteiger partial charge in [-0.2, -0.15) is 4.98 Å². The second kappa shape index (κ2) is 3.26. The van der Waals surface area contributed by atoms with Crippen molar-refractivity contribution in [2.24, 2.45) is 0 Å². The van der Waals surface area contributed by atoms with Crippen LogP contribution in [0.2, 0.25) is 0 Å². The van der Waals surface area contributed by atoms with Crippen molar-refractivity contribution in [2.45, 2.75) is 19.3 Å². The van der Waals surface area contributed by atoms with Crippen LogP contribution in [0, 0.1) is 0 Å². The van der Waals surface area contributed by atoms with Gasteiger partial charge >= 0.3 is 5.69 Å². The van der Waals surface area contributed by atoms with Crippen molar-refractivity contribution < 1.29 is 0 Å². The Hall–Kier alpha value is -0.840. The summed E-state index contributed by atoms with van der Waals surface area (Å²) in [6, 6.07) is 0. The normalized spacial score (nSPS) is 18.2. The number of nitrogens with one attached hydrogen (secondary N) is 1. The third-order valence-electron chi connectivity index (χ3n) is 2.05. The maximum Gasteiger partial charge on any atom is 0.357 e. The summed E-state index contributed by atoms with van der Waals surface area (Å²) in [6.07, 6.45) is 3.73. The number of aromatic nitrogens is 2. The highest BCUT2D eigenvalue weighted by Crippen LogP contribution is 2.18. The first-order valence-electron chi connectivity index (χ1n) is 4.17. The molecular weight excluding hydrogens is 174 g/mol. The predicted octanol–water partition coefficient (Wildman–Crippen LogP) is 0.822. The van der Waals surface area contributed by atoms with E-state index in [1.165, 1.54) is 30.8 Å². The Balaban J connectivity index is 2.13. The van der Waals surface area contributed by atoms with Gasteiger partial charge < -0.3 is 4.90 Å². The molecule has 66 valence electrons. The number of anilines is 1. The molecule has 0 bridgehead atoms. The maximum absolute atomic E-state index is 10.8. The minimum Gasteiger partial charge on any atom is -0.347 e. The van der Waals surface area contributed by atoms with Crippen LogP contribution < -0.4 is 10.6 Å². The van der Waals surface area contributed by atoms with Crippen LogP contribution in [0.25, 0.3) is 0 Å². The highest BCUT2D eigenvalue weighted by Gasteiger charge is 2.13. The van der Waals surface area contributed by atoms with Crippen molar-refractivity contribution in [3.63, 3.8) is 0 Å². The third kappa shape index (κ3) is 1.50. The lowest BCUT2D eigenvalue weighted by Crippen LogP contribution is -2.29. The highest BCUT2D eigenvalue weighted by molar-refractivity contribution is 7.09. The second-order valence-electron chi connectivity index (χ2n) is 2.95. The van der Waals surface area contributed by atoms with E-state index in [1.807, 2.05) is 0 Å². The topological polar surface area (TPSA) is 49.0 Å². The van der Waals surface area contributed by atoms with Gasteiger partial charge in [0.15, 0.2) is 0 Å². The molecule has 0 saturated carbocycles. The number of hydrogen-bond donors (Lipinski definition) is 1. The maximum atomic E-state index is 10.8. The Morgan fingerprint density at radius 1 is 1.33 bits per heavy atom. The van der Waals surface area contributed by atoms with Crippen molar-refractivity contribution in [1.29, 1.82) is 0 Å². The van der Waals surface area contributed by atoms with E-state index in [0.717, 1.165) is 18.2 Å². The van der Waals surface area contributed by atoms with Gasteiger partial charge in [0.1, 0.15) is 0 Å². The molecule has 1 aliphatic heterocycles. The van der Waals surface area contributed by atoms with Gasteiger partial charge in [0.2, 0.25) is 5.13 Å². The molecule has 5 heteroatoms. The Labute approximate surface area is 74.4 Å². The molecule has 0 unspecified atom stereocenters. The summed E-state index contributed by atoms with van der Waals surface area (Å²) in [5, 5.41) is 0.847. The number of H-pyrrole nitrogens is 1. The first kappa shape index (κ1) is 7.79. The lowest BCUT2D eigenvalue weighted by atomic mass is 10.1. The molecule has 1 fully saturated rings. The molecule has 0 amide bonds. The zero-order valence-corrected chi connectivity index (χ0v) is 7.56. The second-order valence-corrected chi connectivity index (χ2v) is 3.72. The van der Waals surface area contributed by atoms with E-state index in [-0.39, 0.29) is 5.69 Å². The van der Waals surface area contributed by atoms with Crippen LogP contribution in [-0.2, 0) is 0 Å². The Bertz CT molecular complexity index is 300. The molecule has 0 atom stereocenters. The zero-order valence-electron chi connectivity index (χ0n) is 6.75. The smallest absolute Gasteiger partial charge is 0.347 e. The number of rotatable bonds is 1. The van der Waals surface area contributed by atoms with Gasteiger partial charge in [-0.05, 0) is 30.8 Å². The molecule has 1 saturated heterocycles. The summed E-state index contributed by atoms with van der Waals surface area (Å²) in [6.45, 7) is 2.08. The number of aromatic amines is 1. The number of nitrogens with zero attached hydrogens (tertiary/aromatic N) is 2. The average Bonchev–Trinajstić information content (AvgIpc) is 2.54. The van der Waals surface area contributed by atoms with Gasteiger partial charge in [0, 0.05) is 13.1 Å². The van der Waals surface area contributed by atoms with Crippen LogP contribution in [0.3, 0.4) is 0 Å². The fraction of sp³-hybridized carbons (Fsp3) is 0.714. The van der Waals surface area contributed by atoms with E-state index < -0.39 is 0 Å². The minimum absolute atomic E-state index is 0.222. The molecule has 1 aromatic rings. The first-order chi connectivity index (χ1) is 5.86. The average molecular weight is 185 g/mol. The summed E-state index contributed by atoms with van der Waals surface area (Å²) < 4.78 is 2.60. The standard InChI is InChI=1S/C7H11N3OS/c11-6-8-7(12-9-6)10-4-2-1-3-5-10/h1-5H2,(H,9,11). The molecule has 0 spiro atoms. The summed E-state index contributed by atoms with van der Waals surface area (Å²) in [7, 11) is 0.